The first kappa shape index (κ1) is 12.6. The number of amides is 1. The van der Waals surface area contributed by atoms with E-state index in [0.717, 1.165) is 11.8 Å². The van der Waals surface area contributed by atoms with Gasteiger partial charge in [0.05, 0.1) is 0 Å². The van der Waals surface area contributed by atoms with Gasteiger partial charge in [-0.1, -0.05) is 30.3 Å². The van der Waals surface area contributed by atoms with E-state index in [4.69, 9.17) is 0 Å². The number of rotatable bonds is 3. The topological polar surface area (TPSA) is 94.8 Å². The van der Waals surface area contributed by atoms with E-state index in [2.05, 4.69) is 10.3 Å². The Hall–Kier alpha value is -2.89. The van der Waals surface area contributed by atoms with Gasteiger partial charge < -0.3 is 10.3 Å². The molecule has 0 atom stereocenters. The highest BCUT2D eigenvalue weighted by Crippen LogP contribution is 2.01. The van der Waals surface area contributed by atoms with Gasteiger partial charge in [0, 0.05) is 12.3 Å². The average Bonchev–Trinajstić information content (AvgIpc) is 2.41. The molecule has 0 saturated carbocycles. The lowest BCUT2D eigenvalue weighted by atomic mass is 10.2. The summed E-state index contributed by atoms with van der Waals surface area (Å²) < 4.78 is 0. The van der Waals surface area contributed by atoms with Crippen molar-refractivity contribution in [1.29, 1.82) is 0 Å². The number of H-pyrrole nitrogens is 2. The molecular formula is C13H11N3O3. The van der Waals surface area contributed by atoms with Gasteiger partial charge in [0.25, 0.3) is 5.56 Å². The van der Waals surface area contributed by atoms with Gasteiger partial charge in [0.2, 0.25) is 5.91 Å². The number of anilines is 1. The van der Waals surface area contributed by atoms with Crippen LogP contribution in [0.5, 0.6) is 0 Å². The Kier molecular flexibility index (Phi) is 3.72. The molecule has 19 heavy (non-hydrogen) atoms. The smallest absolute Gasteiger partial charge is 0.317 e. The van der Waals surface area contributed by atoms with E-state index in [9.17, 15) is 14.4 Å². The molecule has 2 rings (SSSR count). The van der Waals surface area contributed by atoms with E-state index < -0.39 is 17.2 Å². The Morgan fingerprint density at radius 2 is 1.89 bits per heavy atom. The number of aromatic nitrogens is 2. The van der Waals surface area contributed by atoms with E-state index in [0.29, 0.717) is 0 Å². The Balaban J connectivity index is 2.08. The summed E-state index contributed by atoms with van der Waals surface area (Å²) in [4.78, 5) is 38.0. The van der Waals surface area contributed by atoms with E-state index >= 15 is 0 Å². The third-order valence-corrected chi connectivity index (χ3v) is 2.30. The van der Waals surface area contributed by atoms with E-state index in [1.165, 1.54) is 6.08 Å². The van der Waals surface area contributed by atoms with Crippen LogP contribution in [-0.4, -0.2) is 15.9 Å². The molecule has 1 aromatic heterocycles. The number of hydrogen-bond acceptors (Lipinski definition) is 3. The number of benzene rings is 1. The van der Waals surface area contributed by atoms with Crippen molar-refractivity contribution in [2.24, 2.45) is 0 Å². The minimum absolute atomic E-state index is 0.0117. The summed E-state index contributed by atoms with van der Waals surface area (Å²) in [6, 6.07) is 9.26. The van der Waals surface area contributed by atoms with Crippen molar-refractivity contribution in [2.45, 2.75) is 0 Å². The quantitative estimate of drug-likeness (QED) is 0.707. The van der Waals surface area contributed by atoms with Crippen LogP contribution in [0.25, 0.3) is 6.08 Å². The van der Waals surface area contributed by atoms with E-state index in [1.807, 2.05) is 35.3 Å². The second-order valence-corrected chi connectivity index (χ2v) is 3.72. The van der Waals surface area contributed by atoms with Crippen molar-refractivity contribution in [3.8, 4) is 0 Å². The van der Waals surface area contributed by atoms with Crippen molar-refractivity contribution >= 4 is 17.7 Å². The molecule has 1 heterocycles. The summed E-state index contributed by atoms with van der Waals surface area (Å²) in [5, 5.41) is 2.37. The molecule has 0 fully saturated rings. The maximum atomic E-state index is 11.6. The van der Waals surface area contributed by atoms with Crippen LogP contribution in [0.15, 0.2) is 52.2 Å². The average molecular weight is 257 g/mol. The van der Waals surface area contributed by atoms with Crippen molar-refractivity contribution in [1.82, 2.24) is 9.97 Å². The zero-order valence-corrected chi connectivity index (χ0v) is 9.84. The van der Waals surface area contributed by atoms with Gasteiger partial charge in [0.1, 0.15) is 5.69 Å². The van der Waals surface area contributed by atoms with Gasteiger partial charge in [-0.2, -0.15) is 0 Å². The number of nitrogens with one attached hydrogen (secondary N) is 3. The monoisotopic (exact) mass is 257 g/mol. The molecule has 3 N–H and O–H groups in total. The molecule has 0 spiro atoms. The van der Waals surface area contributed by atoms with Gasteiger partial charge in [-0.15, -0.1) is 0 Å². The molecule has 0 aliphatic rings. The van der Waals surface area contributed by atoms with Gasteiger partial charge in [-0.3, -0.25) is 14.6 Å². The first-order valence-electron chi connectivity index (χ1n) is 5.51. The van der Waals surface area contributed by atoms with Gasteiger partial charge in [-0.05, 0) is 11.6 Å². The van der Waals surface area contributed by atoms with Crippen LogP contribution in [0.3, 0.4) is 0 Å². The van der Waals surface area contributed by atoms with Crippen molar-refractivity contribution in [3.05, 3.63) is 69.0 Å². The molecule has 0 radical (unpaired) electrons. The largest absolute Gasteiger partial charge is 0.325 e. The maximum Gasteiger partial charge on any atom is 0.325 e. The Labute approximate surface area is 107 Å². The fourth-order valence-electron chi connectivity index (χ4n) is 1.41. The van der Waals surface area contributed by atoms with Crippen LogP contribution < -0.4 is 16.6 Å². The summed E-state index contributed by atoms with van der Waals surface area (Å²) in [6.45, 7) is 0. The SMILES string of the molecule is O=C(/C=C/c1ccccc1)Nc1c[nH]c(=O)[nH]c1=O. The molecule has 0 unspecified atom stereocenters. The molecule has 1 amide bonds. The first-order valence-corrected chi connectivity index (χ1v) is 5.51. The van der Waals surface area contributed by atoms with E-state index in [1.54, 1.807) is 6.08 Å². The summed E-state index contributed by atoms with van der Waals surface area (Å²) in [7, 11) is 0. The normalized spacial score (nSPS) is 10.5. The lowest BCUT2D eigenvalue weighted by Gasteiger charge is -1.99. The molecule has 0 bridgehead atoms. The molecule has 0 saturated heterocycles. The van der Waals surface area contributed by atoms with Crippen molar-refractivity contribution in [2.75, 3.05) is 5.32 Å². The molecule has 2 aromatic rings. The number of carbonyl (C=O) groups is 1. The third kappa shape index (κ3) is 3.53. The summed E-state index contributed by atoms with van der Waals surface area (Å²) in [5.74, 6) is -0.457. The van der Waals surface area contributed by atoms with Gasteiger partial charge in [-0.25, -0.2) is 4.79 Å². The maximum absolute atomic E-state index is 11.6. The molecule has 0 aliphatic carbocycles. The molecular weight excluding hydrogens is 246 g/mol. The van der Waals surface area contributed by atoms with Gasteiger partial charge >= 0.3 is 5.69 Å². The fourth-order valence-corrected chi connectivity index (χ4v) is 1.41. The molecule has 6 heteroatoms. The van der Waals surface area contributed by atoms with E-state index in [-0.39, 0.29) is 5.69 Å². The first-order chi connectivity index (χ1) is 9.15. The van der Waals surface area contributed by atoms with Gasteiger partial charge in [0.15, 0.2) is 0 Å². The van der Waals surface area contributed by atoms with Crippen molar-refractivity contribution < 1.29 is 4.79 Å². The molecule has 96 valence electrons. The number of hydrogen-bond donors (Lipinski definition) is 3. The van der Waals surface area contributed by atoms with Crippen LogP contribution in [0, 0.1) is 0 Å². The second kappa shape index (κ2) is 5.63. The predicted octanol–water partition coefficient (Wildman–Crippen LogP) is 0.715. The predicted molar refractivity (Wildman–Crippen MR) is 71.8 cm³/mol. The summed E-state index contributed by atoms with van der Waals surface area (Å²) in [6.07, 6.45) is 4.07. The minimum atomic E-state index is -0.648. The lowest BCUT2D eigenvalue weighted by molar-refractivity contribution is -0.111. The Morgan fingerprint density at radius 3 is 2.58 bits per heavy atom. The lowest BCUT2D eigenvalue weighted by Crippen LogP contribution is -2.25. The standard InChI is InChI=1S/C13H11N3O3/c17-11(7-6-9-4-2-1-3-5-9)15-10-8-14-13(19)16-12(10)18/h1-8H,(H,15,17)(H2,14,16,18,19)/b7-6+. The number of aromatic amines is 2. The van der Waals surface area contributed by atoms with Crippen LogP contribution >= 0.6 is 0 Å². The zero-order chi connectivity index (χ0) is 13.7. The van der Waals surface area contributed by atoms with Crippen LogP contribution in [0.4, 0.5) is 5.69 Å². The number of carbonyl (C=O) groups excluding carboxylic acids is 1. The molecule has 6 nitrogen and oxygen atoms in total. The zero-order valence-electron chi connectivity index (χ0n) is 9.84. The summed E-state index contributed by atoms with van der Waals surface area (Å²) >= 11 is 0. The van der Waals surface area contributed by atoms with Crippen molar-refractivity contribution in [3.63, 3.8) is 0 Å². The summed E-state index contributed by atoms with van der Waals surface area (Å²) in [5.41, 5.74) is -0.414. The fraction of sp³-hybridized carbons (Fsp3) is 0. The third-order valence-electron chi connectivity index (χ3n) is 2.30. The Bertz CT molecular complexity index is 714. The van der Waals surface area contributed by atoms with Crippen LogP contribution in [-0.2, 0) is 4.79 Å². The second-order valence-electron chi connectivity index (χ2n) is 3.72. The Morgan fingerprint density at radius 1 is 1.16 bits per heavy atom. The minimum Gasteiger partial charge on any atom is -0.317 e. The highest BCUT2D eigenvalue weighted by molar-refractivity contribution is 6.01. The molecule has 0 aliphatic heterocycles. The van der Waals surface area contributed by atoms with Crippen LogP contribution in [0.1, 0.15) is 5.56 Å². The van der Waals surface area contributed by atoms with Crippen LogP contribution in [0.2, 0.25) is 0 Å². The highest BCUT2D eigenvalue weighted by Gasteiger charge is 2.02. The highest BCUT2D eigenvalue weighted by atomic mass is 16.2. The molecule has 1 aromatic carbocycles.